The molecule has 0 radical (unpaired) electrons. The number of alkyl halides is 3. The average molecular weight is 459 g/mol. The lowest BCUT2D eigenvalue weighted by Crippen LogP contribution is -2.43. The van der Waals surface area contributed by atoms with Gasteiger partial charge in [0.2, 0.25) is 0 Å². The summed E-state index contributed by atoms with van der Waals surface area (Å²) in [6.07, 6.45) is 1.81. The molecule has 2 aliphatic rings. The molecule has 4 rings (SSSR count). The fourth-order valence-electron chi connectivity index (χ4n) is 3.75. The van der Waals surface area contributed by atoms with Crippen LogP contribution >= 0.6 is 11.3 Å². The van der Waals surface area contributed by atoms with Gasteiger partial charge in [-0.2, -0.15) is 13.2 Å². The fourth-order valence-corrected chi connectivity index (χ4v) is 4.68. The lowest BCUT2D eigenvalue weighted by molar-refractivity contribution is -0.192. The highest BCUT2D eigenvalue weighted by molar-refractivity contribution is 7.11. The molecule has 2 aromatic heterocycles. The molecular formula is C21H25F3N2O4S. The third-order valence-corrected chi connectivity index (χ3v) is 6.28. The molecule has 2 saturated heterocycles. The number of likely N-dealkylation sites (tertiary alicyclic amines) is 1. The topological polar surface area (TPSA) is 71.9 Å². The van der Waals surface area contributed by atoms with Crippen LogP contribution in [-0.4, -0.2) is 58.5 Å². The van der Waals surface area contributed by atoms with E-state index in [0.717, 1.165) is 44.6 Å². The van der Waals surface area contributed by atoms with Gasteiger partial charge >= 0.3 is 12.1 Å². The summed E-state index contributed by atoms with van der Waals surface area (Å²) in [5.74, 6) is -1.92. The van der Waals surface area contributed by atoms with Gasteiger partial charge in [0.05, 0.1) is 18.4 Å². The van der Waals surface area contributed by atoms with Crippen LogP contribution < -0.4 is 4.74 Å². The zero-order valence-corrected chi connectivity index (χ0v) is 17.9. The second-order valence-corrected chi connectivity index (χ2v) is 9.09. The molecule has 0 saturated carbocycles. The van der Waals surface area contributed by atoms with Gasteiger partial charge in [-0.25, -0.2) is 4.79 Å². The van der Waals surface area contributed by atoms with Crippen LogP contribution in [-0.2, 0) is 16.1 Å². The lowest BCUT2D eigenvalue weighted by Gasteiger charge is -2.38. The van der Waals surface area contributed by atoms with Crippen molar-refractivity contribution < 1.29 is 32.5 Å². The molecule has 1 N–H and O–H groups in total. The van der Waals surface area contributed by atoms with Crippen LogP contribution in [0.2, 0.25) is 0 Å². The monoisotopic (exact) mass is 458 g/mol. The van der Waals surface area contributed by atoms with E-state index < -0.39 is 12.1 Å². The highest BCUT2D eigenvalue weighted by Gasteiger charge is 2.43. The Balaban J connectivity index is 0.000000339. The number of aryl methyl sites for hydroxylation is 1. The Morgan fingerprint density at radius 2 is 2.06 bits per heavy atom. The Kier molecular flexibility index (Phi) is 7.55. The number of hydrogen-bond donors (Lipinski definition) is 1. The minimum absolute atomic E-state index is 0.0226. The number of halogens is 3. The van der Waals surface area contributed by atoms with Crippen molar-refractivity contribution in [2.75, 3.05) is 19.7 Å². The summed E-state index contributed by atoms with van der Waals surface area (Å²) in [5.41, 5.74) is 0.0226. The van der Waals surface area contributed by atoms with Crippen LogP contribution in [0.3, 0.4) is 0 Å². The van der Waals surface area contributed by atoms with Gasteiger partial charge in [-0.15, -0.1) is 11.3 Å². The minimum atomic E-state index is -5.08. The first-order chi connectivity index (χ1) is 14.7. The van der Waals surface area contributed by atoms with Crippen LogP contribution in [0.1, 0.15) is 29.0 Å². The maximum absolute atomic E-state index is 10.6. The van der Waals surface area contributed by atoms with Crippen LogP contribution in [0.25, 0.3) is 0 Å². The summed E-state index contributed by atoms with van der Waals surface area (Å²) in [6, 6.07) is 8.34. The second kappa shape index (κ2) is 9.97. The van der Waals surface area contributed by atoms with Gasteiger partial charge in [0.15, 0.2) is 0 Å². The van der Waals surface area contributed by atoms with Crippen molar-refractivity contribution in [1.29, 1.82) is 0 Å². The van der Waals surface area contributed by atoms with Crippen molar-refractivity contribution in [1.82, 2.24) is 9.88 Å². The molecule has 4 heterocycles. The van der Waals surface area contributed by atoms with Gasteiger partial charge in [0.25, 0.3) is 0 Å². The number of aliphatic carboxylic acids is 1. The van der Waals surface area contributed by atoms with E-state index >= 15 is 0 Å². The summed E-state index contributed by atoms with van der Waals surface area (Å²) in [4.78, 5) is 18.4. The number of rotatable bonds is 4. The molecule has 0 bridgehead atoms. The molecule has 2 aromatic rings. The number of piperidine rings is 1. The van der Waals surface area contributed by atoms with Crippen LogP contribution in [0.4, 0.5) is 13.2 Å². The number of hydrogen-bond acceptors (Lipinski definition) is 6. The first-order valence-corrected chi connectivity index (χ1v) is 10.8. The molecule has 2 aliphatic heterocycles. The maximum atomic E-state index is 10.6. The number of nitrogens with zero attached hydrogens (tertiary/aromatic N) is 2. The minimum Gasteiger partial charge on any atom is -0.486 e. The predicted octanol–water partition coefficient (Wildman–Crippen LogP) is 4.29. The Labute approximate surface area is 182 Å². The second-order valence-electron chi connectivity index (χ2n) is 7.72. The van der Waals surface area contributed by atoms with E-state index in [-0.39, 0.29) is 11.7 Å². The van der Waals surface area contributed by atoms with E-state index in [1.165, 1.54) is 9.75 Å². The molecule has 0 aromatic carbocycles. The predicted molar refractivity (Wildman–Crippen MR) is 109 cm³/mol. The van der Waals surface area contributed by atoms with E-state index in [1.807, 2.05) is 23.5 Å². The van der Waals surface area contributed by atoms with Gasteiger partial charge < -0.3 is 14.6 Å². The number of aromatic nitrogens is 1. The molecule has 2 fully saturated rings. The van der Waals surface area contributed by atoms with Gasteiger partial charge in [0.1, 0.15) is 11.9 Å². The highest BCUT2D eigenvalue weighted by atomic mass is 32.1. The Bertz CT molecular complexity index is 852. The fraction of sp³-hybridized carbons (Fsp3) is 0.524. The number of pyridine rings is 1. The number of thiophene rings is 1. The number of carbonyl (C=O) groups is 1. The summed E-state index contributed by atoms with van der Waals surface area (Å²) in [6.45, 7) is 6.16. The first kappa shape index (κ1) is 23.5. The highest BCUT2D eigenvalue weighted by Crippen LogP contribution is 2.37. The van der Waals surface area contributed by atoms with Crippen LogP contribution in [0, 0.1) is 6.92 Å². The van der Waals surface area contributed by atoms with E-state index in [0.29, 0.717) is 6.61 Å². The van der Waals surface area contributed by atoms with Crippen molar-refractivity contribution in [2.45, 2.75) is 50.6 Å². The Hall–Kier alpha value is -2.17. The summed E-state index contributed by atoms with van der Waals surface area (Å²) in [7, 11) is 0. The third-order valence-electron chi connectivity index (χ3n) is 5.30. The summed E-state index contributed by atoms with van der Waals surface area (Å²) in [5, 5.41) is 7.12. The molecular weight excluding hydrogens is 433 g/mol. The number of carboxylic acid groups (broad SMARTS) is 1. The Morgan fingerprint density at radius 1 is 1.35 bits per heavy atom. The average Bonchev–Trinajstić information content (AvgIpc) is 3.30. The normalized spacial score (nSPS) is 20.8. The van der Waals surface area contributed by atoms with Gasteiger partial charge in [-0.1, -0.05) is 0 Å². The van der Waals surface area contributed by atoms with Gasteiger partial charge in [0, 0.05) is 42.0 Å². The smallest absolute Gasteiger partial charge is 0.486 e. The molecule has 1 spiro atoms. The molecule has 10 heteroatoms. The zero-order valence-electron chi connectivity index (χ0n) is 17.1. The summed E-state index contributed by atoms with van der Waals surface area (Å²) >= 11 is 1.91. The van der Waals surface area contributed by atoms with Crippen molar-refractivity contribution in [2.24, 2.45) is 0 Å². The first-order valence-electron chi connectivity index (χ1n) is 9.94. The van der Waals surface area contributed by atoms with E-state index in [4.69, 9.17) is 19.4 Å². The lowest BCUT2D eigenvalue weighted by atomic mass is 9.88. The molecule has 0 amide bonds. The molecule has 170 valence electrons. The standard InChI is InChI=1S/C19H24N2O2S.C2HF3O2/c1-15-4-5-18(24-15)13-21-9-6-19(7-10-21)11-17(14-22-19)23-16-3-2-8-20-12-16;3-2(4,5)1(6)7/h2-5,8,12,17H,6-7,9-11,13-14H2,1H3;(H,6,7). The van der Waals surface area contributed by atoms with Crippen LogP contribution in [0.15, 0.2) is 36.7 Å². The van der Waals surface area contributed by atoms with Crippen molar-refractivity contribution in [3.8, 4) is 5.75 Å². The molecule has 1 atom stereocenters. The van der Waals surface area contributed by atoms with E-state index in [1.54, 1.807) is 12.4 Å². The largest absolute Gasteiger partial charge is 0.490 e. The Morgan fingerprint density at radius 3 is 2.61 bits per heavy atom. The van der Waals surface area contributed by atoms with E-state index in [9.17, 15) is 13.2 Å². The van der Waals surface area contributed by atoms with Gasteiger partial charge in [-0.3, -0.25) is 9.88 Å². The van der Waals surface area contributed by atoms with Gasteiger partial charge in [-0.05, 0) is 44.0 Å². The SMILES string of the molecule is Cc1ccc(CN2CCC3(CC2)CC(Oc2cccnc2)CO3)s1.O=C(O)C(F)(F)F. The van der Waals surface area contributed by atoms with Crippen molar-refractivity contribution in [3.05, 3.63) is 46.4 Å². The van der Waals surface area contributed by atoms with Crippen molar-refractivity contribution in [3.63, 3.8) is 0 Å². The third kappa shape index (κ3) is 6.91. The molecule has 1 unspecified atom stereocenters. The quantitative estimate of drug-likeness (QED) is 0.737. The molecule has 6 nitrogen and oxygen atoms in total. The number of ether oxygens (including phenoxy) is 2. The van der Waals surface area contributed by atoms with E-state index in [2.05, 4.69) is 28.9 Å². The zero-order chi connectivity index (χ0) is 22.5. The molecule has 31 heavy (non-hydrogen) atoms. The van der Waals surface area contributed by atoms with Crippen molar-refractivity contribution >= 4 is 17.3 Å². The maximum Gasteiger partial charge on any atom is 0.490 e. The summed E-state index contributed by atoms with van der Waals surface area (Å²) < 4.78 is 44.0. The number of carboxylic acids is 1. The molecule has 0 aliphatic carbocycles. The van der Waals surface area contributed by atoms with Crippen LogP contribution in [0.5, 0.6) is 5.75 Å².